The first-order valence-corrected chi connectivity index (χ1v) is 15.8. The molecule has 0 spiro atoms. The van der Waals surface area contributed by atoms with Crippen LogP contribution in [0.5, 0.6) is 23.1 Å². The molecule has 1 saturated heterocycles. The van der Waals surface area contributed by atoms with Crippen LogP contribution in [-0.2, 0) is 22.7 Å². The number of nitrogens with zero attached hydrogens (tertiary/aromatic N) is 3. The van der Waals surface area contributed by atoms with Gasteiger partial charge in [0.15, 0.2) is 0 Å². The fourth-order valence-corrected chi connectivity index (χ4v) is 5.42. The third-order valence-electron chi connectivity index (χ3n) is 8.02. The lowest BCUT2D eigenvalue weighted by atomic mass is 10.1. The summed E-state index contributed by atoms with van der Waals surface area (Å²) in [6.45, 7) is 9.05. The Morgan fingerprint density at radius 2 is 1.49 bits per heavy atom. The summed E-state index contributed by atoms with van der Waals surface area (Å²) < 4.78 is 22.3. The number of amides is 1. The van der Waals surface area contributed by atoms with Crippen LogP contribution in [0.3, 0.4) is 0 Å². The van der Waals surface area contributed by atoms with E-state index in [9.17, 15) is 4.79 Å². The fraction of sp³-hybridized carbons (Fsp3) is 0.282. The molecule has 0 radical (unpaired) electrons. The number of hydrogen-bond acceptors (Lipinski definition) is 7. The maximum absolute atomic E-state index is 13.0. The average molecular weight is 634 g/mol. The van der Waals surface area contributed by atoms with Gasteiger partial charge < -0.3 is 23.8 Å². The third kappa shape index (κ3) is 9.78. The van der Waals surface area contributed by atoms with Gasteiger partial charge in [-0.25, -0.2) is 4.98 Å². The molecular formula is C39H43N3O5. The van der Waals surface area contributed by atoms with Crippen molar-refractivity contribution in [3.63, 3.8) is 0 Å². The van der Waals surface area contributed by atoms with Crippen molar-refractivity contribution < 1.29 is 23.7 Å². The predicted molar refractivity (Wildman–Crippen MR) is 186 cm³/mol. The highest BCUT2D eigenvalue weighted by atomic mass is 16.5. The number of rotatable bonds is 13. The van der Waals surface area contributed by atoms with Crippen molar-refractivity contribution >= 4 is 18.1 Å². The molecule has 8 nitrogen and oxygen atoms in total. The first-order chi connectivity index (χ1) is 22.9. The van der Waals surface area contributed by atoms with Gasteiger partial charge in [0.2, 0.25) is 11.8 Å². The molecule has 1 amide bonds. The largest absolute Gasteiger partial charge is 0.497 e. The van der Waals surface area contributed by atoms with Crippen molar-refractivity contribution in [1.29, 1.82) is 0 Å². The van der Waals surface area contributed by atoms with Gasteiger partial charge in [0.25, 0.3) is 0 Å². The molecule has 5 rings (SSSR count). The SMILES string of the molecule is COC/C=C/c1ccc(CN2CCN(C(=O)/C=C/c3cc(C)c(Oc4ccc(OCc5ccc(OC)cc5)cn4)c(C)c3)CC2)cc1. The quantitative estimate of drug-likeness (QED) is 0.146. The molecule has 2 heterocycles. The number of piperazine rings is 1. The minimum Gasteiger partial charge on any atom is -0.497 e. The Kier molecular flexibility index (Phi) is 11.8. The van der Waals surface area contributed by atoms with Gasteiger partial charge in [-0.1, -0.05) is 48.6 Å². The molecular weight excluding hydrogens is 590 g/mol. The van der Waals surface area contributed by atoms with E-state index < -0.39 is 0 Å². The third-order valence-corrected chi connectivity index (χ3v) is 8.02. The number of benzene rings is 3. The van der Waals surface area contributed by atoms with Crippen molar-refractivity contribution in [2.24, 2.45) is 0 Å². The Balaban J connectivity index is 1.09. The van der Waals surface area contributed by atoms with Gasteiger partial charge in [0.1, 0.15) is 23.9 Å². The topological polar surface area (TPSA) is 73.4 Å². The number of ether oxygens (including phenoxy) is 4. The van der Waals surface area contributed by atoms with E-state index in [1.807, 2.05) is 73.4 Å². The van der Waals surface area contributed by atoms with Gasteiger partial charge >= 0.3 is 0 Å². The standard InChI is InChI=1S/C39H43N3O5/c1-29-24-34(13-18-38(43)42-21-19-41(20-22-42)27-32-9-7-31(8-10-32)6-5-23-44-3)25-30(2)39(29)47-37-17-16-36(26-40-37)46-28-33-11-14-35(45-4)15-12-33/h5-18,24-26H,19-23,27-28H2,1-4H3/b6-5+,18-13+. The first-order valence-electron chi connectivity index (χ1n) is 15.8. The monoisotopic (exact) mass is 633 g/mol. The Labute approximate surface area is 277 Å². The molecule has 0 saturated carbocycles. The normalized spacial score (nSPS) is 13.7. The van der Waals surface area contributed by atoms with Gasteiger partial charge in [0.05, 0.1) is 19.9 Å². The molecule has 3 aromatic carbocycles. The molecule has 4 aromatic rings. The van der Waals surface area contributed by atoms with Crippen molar-refractivity contribution in [2.75, 3.05) is 47.0 Å². The second kappa shape index (κ2) is 16.6. The number of hydrogen-bond donors (Lipinski definition) is 0. The van der Waals surface area contributed by atoms with E-state index in [0.717, 1.165) is 59.0 Å². The molecule has 0 aliphatic carbocycles. The molecule has 0 bridgehead atoms. The van der Waals surface area contributed by atoms with Crippen LogP contribution in [0.4, 0.5) is 0 Å². The lowest BCUT2D eigenvalue weighted by Crippen LogP contribution is -2.47. The smallest absolute Gasteiger partial charge is 0.246 e. The minimum absolute atomic E-state index is 0.0333. The van der Waals surface area contributed by atoms with E-state index in [1.54, 1.807) is 32.6 Å². The Hall–Kier alpha value is -4.92. The summed E-state index contributed by atoms with van der Waals surface area (Å²) in [5.74, 6) is 2.74. The highest BCUT2D eigenvalue weighted by Crippen LogP contribution is 2.30. The zero-order valence-corrected chi connectivity index (χ0v) is 27.6. The van der Waals surface area contributed by atoms with Crippen LogP contribution >= 0.6 is 0 Å². The van der Waals surface area contributed by atoms with Crippen LogP contribution in [-0.4, -0.2) is 67.7 Å². The van der Waals surface area contributed by atoms with E-state index in [-0.39, 0.29) is 5.91 Å². The van der Waals surface area contributed by atoms with Crippen LogP contribution in [0, 0.1) is 13.8 Å². The second-order valence-corrected chi connectivity index (χ2v) is 11.6. The van der Waals surface area contributed by atoms with Gasteiger partial charge in [-0.05, 0) is 83.6 Å². The van der Waals surface area contributed by atoms with E-state index in [4.69, 9.17) is 18.9 Å². The summed E-state index contributed by atoms with van der Waals surface area (Å²) in [5.41, 5.74) is 6.36. The average Bonchev–Trinajstić information content (AvgIpc) is 3.10. The zero-order valence-electron chi connectivity index (χ0n) is 27.6. The summed E-state index contributed by atoms with van der Waals surface area (Å²) in [5, 5.41) is 0. The van der Waals surface area contributed by atoms with Crippen molar-refractivity contribution in [3.8, 4) is 23.1 Å². The molecule has 1 aliphatic heterocycles. The molecule has 1 aliphatic rings. The first kappa shape index (κ1) is 33.4. The Morgan fingerprint density at radius 3 is 2.13 bits per heavy atom. The number of aryl methyl sites for hydroxylation is 2. The van der Waals surface area contributed by atoms with Crippen LogP contribution in [0.25, 0.3) is 12.2 Å². The Bertz CT molecular complexity index is 1630. The Morgan fingerprint density at radius 1 is 0.809 bits per heavy atom. The summed E-state index contributed by atoms with van der Waals surface area (Å²) in [7, 11) is 3.34. The zero-order chi connectivity index (χ0) is 33.0. The molecule has 0 N–H and O–H groups in total. The number of carbonyl (C=O) groups excluding carboxylic acids is 1. The molecule has 8 heteroatoms. The van der Waals surface area contributed by atoms with Crippen LogP contribution < -0.4 is 14.2 Å². The molecule has 1 fully saturated rings. The molecule has 1 aromatic heterocycles. The number of methoxy groups -OCH3 is 2. The number of aromatic nitrogens is 1. The maximum atomic E-state index is 13.0. The van der Waals surface area contributed by atoms with Crippen LogP contribution in [0.15, 0.2) is 91.1 Å². The summed E-state index contributed by atoms with van der Waals surface area (Å²) in [6.07, 6.45) is 9.29. The molecule has 0 unspecified atom stereocenters. The van der Waals surface area contributed by atoms with Crippen molar-refractivity contribution in [3.05, 3.63) is 125 Å². The summed E-state index contributed by atoms with van der Waals surface area (Å²) >= 11 is 0. The fourth-order valence-electron chi connectivity index (χ4n) is 5.42. The molecule has 0 atom stereocenters. The van der Waals surface area contributed by atoms with Gasteiger partial charge in [-0.2, -0.15) is 0 Å². The highest BCUT2D eigenvalue weighted by Gasteiger charge is 2.20. The van der Waals surface area contributed by atoms with Crippen LogP contribution in [0.1, 0.15) is 33.4 Å². The van der Waals surface area contributed by atoms with E-state index in [0.29, 0.717) is 37.9 Å². The molecule has 47 heavy (non-hydrogen) atoms. The van der Waals surface area contributed by atoms with E-state index in [2.05, 4.69) is 40.2 Å². The maximum Gasteiger partial charge on any atom is 0.246 e. The van der Waals surface area contributed by atoms with E-state index in [1.165, 1.54) is 5.56 Å². The number of pyridine rings is 1. The van der Waals surface area contributed by atoms with Crippen LogP contribution in [0.2, 0.25) is 0 Å². The lowest BCUT2D eigenvalue weighted by Gasteiger charge is -2.34. The van der Waals surface area contributed by atoms with Crippen molar-refractivity contribution in [1.82, 2.24) is 14.8 Å². The van der Waals surface area contributed by atoms with Gasteiger partial charge in [-0.3, -0.25) is 9.69 Å². The van der Waals surface area contributed by atoms with Gasteiger partial charge in [0, 0.05) is 52.0 Å². The van der Waals surface area contributed by atoms with E-state index >= 15 is 0 Å². The minimum atomic E-state index is 0.0333. The highest BCUT2D eigenvalue weighted by molar-refractivity contribution is 5.92. The second-order valence-electron chi connectivity index (χ2n) is 11.6. The lowest BCUT2D eigenvalue weighted by molar-refractivity contribution is -0.127. The molecule has 244 valence electrons. The number of carbonyl (C=O) groups is 1. The van der Waals surface area contributed by atoms with Gasteiger partial charge in [-0.15, -0.1) is 0 Å². The van der Waals surface area contributed by atoms with Crippen molar-refractivity contribution in [2.45, 2.75) is 27.0 Å². The summed E-state index contributed by atoms with van der Waals surface area (Å²) in [6, 6.07) is 24.0. The predicted octanol–water partition coefficient (Wildman–Crippen LogP) is 7.10. The summed E-state index contributed by atoms with van der Waals surface area (Å²) in [4.78, 5) is 21.7.